The first kappa shape index (κ1) is 19.1. The zero-order valence-corrected chi connectivity index (χ0v) is 16.2. The van der Waals surface area contributed by atoms with Gasteiger partial charge in [0.2, 0.25) is 5.91 Å². The summed E-state index contributed by atoms with van der Waals surface area (Å²) in [5.41, 5.74) is 0.0874. The summed E-state index contributed by atoms with van der Waals surface area (Å²) in [6.45, 7) is 4.98. The van der Waals surface area contributed by atoms with Gasteiger partial charge in [0.1, 0.15) is 0 Å². The van der Waals surface area contributed by atoms with Gasteiger partial charge in [0.15, 0.2) is 0 Å². The lowest BCUT2D eigenvalue weighted by atomic mass is 9.86. The summed E-state index contributed by atoms with van der Waals surface area (Å²) < 4.78 is 0. The number of pyridine rings is 1. The fourth-order valence-electron chi connectivity index (χ4n) is 4.03. The second kappa shape index (κ2) is 7.54. The third-order valence-corrected chi connectivity index (χ3v) is 5.33. The molecule has 2 saturated heterocycles. The number of carbonyl (C=O) groups excluding carboxylic acids is 3. The molecule has 8 nitrogen and oxygen atoms in total. The number of hydrogen-bond acceptors (Lipinski definition) is 4. The van der Waals surface area contributed by atoms with E-state index in [1.807, 2.05) is 11.8 Å². The summed E-state index contributed by atoms with van der Waals surface area (Å²) in [7, 11) is 3.44. The first-order valence-corrected chi connectivity index (χ1v) is 9.28. The van der Waals surface area contributed by atoms with E-state index in [1.165, 1.54) is 0 Å². The second-order valence-electron chi connectivity index (χ2n) is 7.65. The van der Waals surface area contributed by atoms with Crippen molar-refractivity contribution in [2.24, 2.45) is 5.41 Å². The summed E-state index contributed by atoms with van der Waals surface area (Å²) in [6.07, 6.45) is 3.54. The van der Waals surface area contributed by atoms with E-state index in [0.29, 0.717) is 51.3 Å². The normalized spacial score (nSPS) is 22.9. The van der Waals surface area contributed by atoms with E-state index in [9.17, 15) is 14.4 Å². The minimum absolute atomic E-state index is 0.0884. The molecule has 2 fully saturated rings. The molecule has 1 aromatic heterocycles. The molecule has 0 aromatic carbocycles. The summed E-state index contributed by atoms with van der Waals surface area (Å²) >= 11 is 0. The molecule has 2 aliphatic heterocycles. The third-order valence-electron chi connectivity index (χ3n) is 5.33. The monoisotopic (exact) mass is 373 g/mol. The molecule has 1 atom stereocenters. The Bertz CT molecular complexity index is 723. The van der Waals surface area contributed by atoms with E-state index in [1.54, 1.807) is 53.3 Å². The zero-order valence-electron chi connectivity index (χ0n) is 16.2. The Morgan fingerprint density at radius 3 is 2.48 bits per heavy atom. The van der Waals surface area contributed by atoms with Gasteiger partial charge >= 0.3 is 6.03 Å². The second-order valence-corrected chi connectivity index (χ2v) is 7.65. The van der Waals surface area contributed by atoms with Crippen LogP contribution in [0.25, 0.3) is 0 Å². The van der Waals surface area contributed by atoms with Gasteiger partial charge in [0.25, 0.3) is 5.91 Å². The molecule has 146 valence electrons. The predicted molar refractivity (Wildman–Crippen MR) is 100 cm³/mol. The summed E-state index contributed by atoms with van der Waals surface area (Å²) in [6, 6.07) is 3.39. The number of nitrogens with zero attached hydrogens (tertiary/aromatic N) is 5. The zero-order chi connectivity index (χ0) is 19.6. The average Bonchev–Trinajstić information content (AvgIpc) is 2.86. The smallest absolute Gasteiger partial charge is 0.319 e. The lowest BCUT2D eigenvalue weighted by molar-refractivity contribution is -0.127. The van der Waals surface area contributed by atoms with E-state index in [-0.39, 0.29) is 17.8 Å². The Morgan fingerprint density at radius 1 is 1.19 bits per heavy atom. The first-order valence-electron chi connectivity index (χ1n) is 9.28. The predicted octanol–water partition coefficient (Wildman–Crippen LogP) is 0.760. The van der Waals surface area contributed by atoms with Crippen LogP contribution < -0.4 is 0 Å². The van der Waals surface area contributed by atoms with Crippen molar-refractivity contribution in [3.63, 3.8) is 0 Å². The Balaban J connectivity index is 1.89. The molecule has 0 saturated carbocycles. The summed E-state index contributed by atoms with van der Waals surface area (Å²) in [5, 5.41) is 0. The molecule has 0 bridgehead atoms. The van der Waals surface area contributed by atoms with E-state index in [4.69, 9.17) is 0 Å². The van der Waals surface area contributed by atoms with Gasteiger partial charge in [0.05, 0.1) is 5.56 Å². The van der Waals surface area contributed by atoms with Crippen molar-refractivity contribution < 1.29 is 14.4 Å². The van der Waals surface area contributed by atoms with Crippen LogP contribution in [-0.2, 0) is 4.79 Å². The number of rotatable bonds is 2. The fraction of sp³-hybridized carbons (Fsp3) is 0.579. The molecule has 0 unspecified atom stereocenters. The van der Waals surface area contributed by atoms with Crippen LogP contribution in [0.2, 0.25) is 0 Å². The minimum Gasteiger partial charge on any atom is -0.342 e. The third kappa shape index (κ3) is 3.89. The van der Waals surface area contributed by atoms with Crippen LogP contribution in [0.15, 0.2) is 24.5 Å². The maximum atomic E-state index is 13.0. The van der Waals surface area contributed by atoms with E-state index >= 15 is 0 Å². The van der Waals surface area contributed by atoms with Crippen LogP contribution in [0.5, 0.6) is 0 Å². The fourth-order valence-corrected chi connectivity index (χ4v) is 4.03. The highest BCUT2D eigenvalue weighted by atomic mass is 16.2. The van der Waals surface area contributed by atoms with Crippen molar-refractivity contribution in [1.29, 1.82) is 0 Å². The lowest BCUT2D eigenvalue weighted by Gasteiger charge is -2.34. The van der Waals surface area contributed by atoms with Gasteiger partial charge in [-0.1, -0.05) is 0 Å². The van der Waals surface area contributed by atoms with Gasteiger partial charge in [-0.3, -0.25) is 14.6 Å². The van der Waals surface area contributed by atoms with Gasteiger partial charge in [-0.25, -0.2) is 4.79 Å². The van der Waals surface area contributed by atoms with Crippen molar-refractivity contribution >= 4 is 17.8 Å². The number of likely N-dealkylation sites (tertiary alicyclic amines) is 1. The Morgan fingerprint density at radius 2 is 1.89 bits per heavy atom. The highest BCUT2D eigenvalue weighted by molar-refractivity contribution is 5.94. The Hall–Kier alpha value is -2.64. The average molecular weight is 373 g/mol. The summed E-state index contributed by atoms with van der Waals surface area (Å²) in [4.78, 5) is 49.0. The van der Waals surface area contributed by atoms with E-state index < -0.39 is 5.41 Å². The highest BCUT2D eigenvalue weighted by Gasteiger charge is 2.47. The van der Waals surface area contributed by atoms with Crippen LogP contribution in [-0.4, -0.2) is 95.8 Å². The molecule has 0 N–H and O–H groups in total. The molecule has 27 heavy (non-hydrogen) atoms. The molecule has 0 aliphatic carbocycles. The number of amides is 4. The van der Waals surface area contributed by atoms with Crippen LogP contribution in [0, 0.1) is 5.41 Å². The van der Waals surface area contributed by atoms with Crippen molar-refractivity contribution in [3.05, 3.63) is 30.1 Å². The Labute approximate surface area is 159 Å². The maximum absolute atomic E-state index is 13.0. The molecular formula is C19H27N5O3. The van der Waals surface area contributed by atoms with E-state index in [2.05, 4.69) is 4.98 Å². The van der Waals surface area contributed by atoms with Crippen molar-refractivity contribution in [2.45, 2.75) is 13.3 Å². The first-order chi connectivity index (χ1) is 12.8. The standard InChI is InChI=1S/C19H27N5O3/c1-4-22-12-19(10-16(22)25)13-23(17(26)15-6-5-7-20-11-15)8-9-24(14-19)18(27)21(2)3/h5-7,11H,4,8-10,12-14H2,1-3H3/t19-/m0/s1. The minimum atomic E-state index is -0.437. The van der Waals surface area contributed by atoms with Gasteiger partial charge in [-0.2, -0.15) is 0 Å². The van der Waals surface area contributed by atoms with Gasteiger partial charge in [-0.15, -0.1) is 0 Å². The van der Waals surface area contributed by atoms with Crippen molar-refractivity contribution in [2.75, 3.05) is 53.4 Å². The molecular weight excluding hydrogens is 346 g/mol. The molecule has 1 spiro atoms. The van der Waals surface area contributed by atoms with Gasteiger partial charge in [-0.05, 0) is 19.1 Å². The topological polar surface area (TPSA) is 77.1 Å². The molecule has 1 aromatic rings. The molecule has 0 radical (unpaired) electrons. The lowest BCUT2D eigenvalue weighted by Crippen LogP contribution is -2.47. The molecule has 8 heteroatoms. The number of aromatic nitrogens is 1. The molecule has 3 heterocycles. The van der Waals surface area contributed by atoms with Crippen LogP contribution in [0.4, 0.5) is 4.79 Å². The van der Waals surface area contributed by atoms with E-state index in [0.717, 1.165) is 0 Å². The molecule has 2 aliphatic rings. The molecule has 4 amide bonds. The van der Waals surface area contributed by atoms with Gasteiger partial charge in [0, 0.05) is 77.6 Å². The van der Waals surface area contributed by atoms with Crippen LogP contribution in [0.1, 0.15) is 23.7 Å². The number of carbonyl (C=O) groups is 3. The van der Waals surface area contributed by atoms with Crippen molar-refractivity contribution in [3.8, 4) is 0 Å². The highest BCUT2D eigenvalue weighted by Crippen LogP contribution is 2.35. The number of urea groups is 1. The maximum Gasteiger partial charge on any atom is 0.319 e. The SMILES string of the molecule is CCN1C[C@@]2(CC1=O)CN(C(=O)c1cccnc1)CCN(C(=O)N(C)C)C2. The van der Waals surface area contributed by atoms with Crippen LogP contribution >= 0.6 is 0 Å². The quantitative estimate of drug-likeness (QED) is 0.767. The van der Waals surface area contributed by atoms with Gasteiger partial charge < -0.3 is 19.6 Å². The molecule has 3 rings (SSSR count). The number of hydrogen-bond donors (Lipinski definition) is 0. The largest absolute Gasteiger partial charge is 0.342 e. The van der Waals surface area contributed by atoms with Crippen molar-refractivity contribution in [1.82, 2.24) is 24.6 Å². The van der Waals surface area contributed by atoms with Crippen LogP contribution in [0.3, 0.4) is 0 Å². The Kier molecular flexibility index (Phi) is 5.34. The summed E-state index contributed by atoms with van der Waals surface area (Å²) in [5.74, 6) is -0.0190.